The van der Waals surface area contributed by atoms with Crippen LogP contribution in [0.15, 0.2) is 0 Å². The van der Waals surface area contributed by atoms with E-state index in [0.717, 1.165) is 17.9 Å². The lowest BCUT2D eigenvalue weighted by Crippen LogP contribution is -2.58. The molecule has 0 spiro atoms. The van der Waals surface area contributed by atoms with E-state index in [9.17, 15) is 0 Å². The van der Waals surface area contributed by atoms with Crippen molar-refractivity contribution in [3.63, 3.8) is 0 Å². The van der Waals surface area contributed by atoms with Crippen LogP contribution in [-0.2, 0) is 0 Å². The Labute approximate surface area is 113 Å². The zero-order valence-electron chi connectivity index (χ0n) is 12.7. The summed E-state index contributed by atoms with van der Waals surface area (Å²) >= 11 is 0. The van der Waals surface area contributed by atoms with E-state index in [-0.39, 0.29) is 0 Å². The zero-order valence-corrected chi connectivity index (χ0v) is 12.7. The number of hydrogen-bond acceptors (Lipinski definition) is 3. The maximum Gasteiger partial charge on any atom is 0.0244 e. The molecule has 2 aliphatic heterocycles. The van der Waals surface area contributed by atoms with Crippen molar-refractivity contribution in [3.05, 3.63) is 0 Å². The molecule has 0 aliphatic carbocycles. The van der Waals surface area contributed by atoms with E-state index >= 15 is 0 Å². The summed E-state index contributed by atoms with van der Waals surface area (Å²) in [5, 5.41) is 3.64. The first-order valence-corrected chi connectivity index (χ1v) is 7.80. The second-order valence-corrected chi connectivity index (χ2v) is 6.62. The average Bonchev–Trinajstić information content (AvgIpc) is 2.76. The average molecular weight is 253 g/mol. The maximum absolute atomic E-state index is 3.64. The summed E-state index contributed by atoms with van der Waals surface area (Å²) < 4.78 is 0. The van der Waals surface area contributed by atoms with E-state index in [4.69, 9.17) is 0 Å². The predicted octanol–water partition coefficient (Wildman–Crippen LogP) is 1.65. The van der Waals surface area contributed by atoms with Crippen molar-refractivity contribution in [1.29, 1.82) is 0 Å². The van der Waals surface area contributed by atoms with Gasteiger partial charge in [-0.05, 0) is 38.3 Å². The van der Waals surface area contributed by atoms with Crippen LogP contribution < -0.4 is 5.32 Å². The lowest BCUT2D eigenvalue weighted by atomic mass is 9.96. The van der Waals surface area contributed by atoms with Crippen molar-refractivity contribution in [2.45, 2.75) is 46.2 Å². The molecule has 0 aromatic carbocycles. The SMILES string of the molecule is CCN1CCC(CN2CC(C)NCC2C(C)C)C1. The van der Waals surface area contributed by atoms with Gasteiger partial charge in [-0.25, -0.2) is 0 Å². The monoisotopic (exact) mass is 253 g/mol. The molecule has 0 aromatic heterocycles. The summed E-state index contributed by atoms with van der Waals surface area (Å²) in [5.74, 6) is 1.66. The summed E-state index contributed by atoms with van der Waals surface area (Å²) in [4.78, 5) is 5.36. The van der Waals surface area contributed by atoms with Crippen molar-refractivity contribution in [2.24, 2.45) is 11.8 Å². The smallest absolute Gasteiger partial charge is 0.0244 e. The maximum atomic E-state index is 3.64. The third-order valence-corrected chi connectivity index (χ3v) is 4.73. The van der Waals surface area contributed by atoms with Crippen LogP contribution in [0, 0.1) is 11.8 Å². The Hall–Kier alpha value is -0.120. The van der Waals surface area contributed by atoms with Crippen LogP contribution in [0.3, 0.4) is 0 Å². The molecule has 2 rings (SSSR count). The molecule has 0 aromatic rings. The molecule has 2 fully saturated rings. The standard InChI is InChI=1S/C15H31N3/c1-5-17-7-6-14(10-17)11-18-9-13(4)16-8-15(18)12(2)3/h12-16H,5-11H2,1-4H3. The molecule has 18 heavy (non-hydrogen) atoms. The molecule has 1 N–H and O–H groups in total. The molecule has 3 nitrogen and oxygen atoms in total. The Kier molecular flexibility index (Phi) is 5.05. The van der Waals surface area contributed by atoms with Crippen LogP contribution in [0.5, 0.6) is 0 Å². The highest BCUT2D eigenvalue weighted by Gasteiger charge is 2.31. The van der Waals surface area contributed by atoms with E-state index < -0.39 is 0 Å². The first kappa shape index (κ1) is 14.3. The van der Waals surface area contributed by atoms with E-state index in [0.29, 0.717) is 6.04 Å². The van der Waals surface area contributed by atoms with Crippen LogP contribution in [0.25, 0.3) is 0 Å². The molecule has 3 atom stereocenters. The molecular weight excluding hydrogens is 222 g/mol. The quantitative estimate of drug-likeness (QED) is 0.822. The molecule has 0 radical (unpaired) electrons. The summed E-state index contributed by atoms with van der Waals surface area (Å²) in [6.45, 7) is 16.9. The molecule has 0 amide bonds. The second-order valence-electron chi connectivity index (χ2n) is 6.62. The van der Waals surface area contributed by atoms with Crippen LogP contribution in [0.1, 0.15) is 34.1 Å². The Morgan fingerprint density at radius 3 is 2.67 bits per heavy atom. The third kappa shape index (κ3) is 3.46. The molecule has 2 saturated heterocycles. The van der Waals surface area contributed by atoms with E-state index in [1.807, 2.05) is 0 Å². The van der Waals surface area contributed by atoms with Crippen LogP contribution >= 0.6 is 0 Å². The minimum atomic E-state index is 0.656. The fourth-order valence-electron chi connectivity index (χ4n) is 3.55. The number of nitrogens with zero attached hydrogens (tertiary/aromatic N) is 2. The number of piperazine rings is 1. The normalized spacial score (nSPS) is 35.5. The number of hydrogen-bond donors (Lipinski definition) is 1. The highest BCUT2D eigenvalue weighted by molar-refractivity contribution is 4.88. The minimum absolute atomic E-state index is 0.656. The Morgan fingerprint density at radius 2 is 2.06 bits per heavy atom. The van der Waals surface area contributed by atoms with E-state index in [1.54, 1.807) is 0 Å². The number of rotatable bonds is 4. The van der Waals surface area contributed by atoms with Gasteiger partial charge in [0.05, 0.1) is 0 Å². The lowest BCUT2D eigenvalue weighted by molar-refractivity contribution is 0.0863. The molecular formula is C15H31N3. The Balaban J connectivity index is 1.88. The number of nitrogens with one attached hydrogen (secondary N) is 1. The Morgan fingerprint density at radius 1 is 1.28 bits per heavy atom. The molecule has 0 saturated carbocycles. The van der Waals surface area contributed by atoms with Crippen molar-refractivity contribution in [3.8, 4) is 0 Å². The van der Waals surface area contributed by atoms with Gasteiger partial charge in [-0.3, -0.25) is 4.90 Å². The van der Waals surface area contributed by atoms with Crippen LogP contribution in [0.4, 0.5) is 0 Å². The van der Waals surface area contributed by atoms with E-state index in [2.05, 4.69) is 42.8 Å². The number of likely N-dealkylation sites (tertiary alicyclic amines) is 1. The van der Waals surface area contributed by atoms with Gasteiger partial charge < -0.3 is 10.2 Å². The highest BCUT2D eigenvalue weighted by atomic mass is 15.2. The van der Waals surface area contributed by atoms with Gasteiger partial charge in [0.25, 0.3) is 0 Å². The fraction of sp³-hybridized carbons (Fsp3) is 1.00. The van der Waals surface area contributed by atoms with Gasteiger partial charge in [-0.15, -0.1) is 0 Å². The Bertz CT molecular complexity index is 254. The van der Waals surface area contributed by atoms with Crippen molar-refractivity contribution in [2.75, 3.05) is 39.3 Å². The van der Waals surface area contributed by atoms with Crippen molar-refractivity contribution >= 4 is 0 Å². The van der Waals surface area contributed by atoms with Gasteiger partial charge in [0.2, 0.25) is 0 Å². The molecule has 3 heteroatoms. The molecule has 106 valence electrons. The molecule has 2 heterocycles. The fourth-order valence-corrected chi connectivity index (χ4v) is 3.55. The minimum Gasteiger partial charge on any atom is -0.311 e. The molecule has 3 unspecified atom stereocenters. The van der Waals surface area contributed by atoms with Crippen LogP contribution in [-0.4, -0.2) is 61.2 Å². The summed E-state index contributed by atoms with van der Waals surface area (Å²) in [6.07, 6.45) is 1.40. The molecule has 2 aliphatic rings. The second kappa shape index (κ2) is 6.36. The predicted molar refractivity (Wildman–Crippen MR) is 77.9 cm³/mol. The van der Waals surface area contributed by atoms with Gasteiger partial charge in [0.15, 0.2) is 0 Å². The third-order valence-electron chi connectivity index (χ3n) is 4.73. The van der Waals surface area contributed by atoms with Crippen molar-refractivity contribution < 1.29 is 0 Å². The lowest BCUT2D eigenvalue weighted by Gasteiger charge is -2.42. The summed E-state index contributed by atoms with van der Waals surface area (Å²) in [7, 11) is 0. The van der Waals surface area contributed by atoms with E-state index in [1.165, 1.54) is 45.7 Å². The topological polar surface area (TPSA) is 18.5 Å². The zero-order chi connectivity index (χ0) is 13.1. The largest absolute Gasteiger partial charge is 0.311 e. The first-order chi connectivity index (χ1) is 8.60. The van der Waals surface area contributed by atoms with Gasteiger partial charge in [-0.1, -0.05) is 20.8 Å². The van der Waals surface area contributed by atoms with Gasteiger partial charge in [0.1, 0.15) is 0 Å². The van der Waals surface area contributed by atoms with Crippen molar-refractivity contribution in [1.82, 2.24) is 15.1 Å². The highest BCUT2D eigenvalue weighted by Crippen LogP contribution is 2.22. The summed E-state index contributed by atoms with van der Waals surface area (Å²) in [5.41, 5.74) is 0. The summed E-state index contributed by atoms with van der Waals surface area (Å²) in [6, 6.07) is 1.39. The van der Waals surface area contributed by atoms with Gasteiger partial charge in [-0.2, -0.15) is 0 Å². The van der Waals surface area contributed by atoms with Crippen LogP contribution in [0.2, 0.25) is 0 Å². The van der Waals surface area contributed by atoms with Gasteiger partial charge in [0, 0.05) is 38.3 Å². The van der Waals surface area contributed by atoms with Gasteiger partial charge >= 0.3 is 0 Å². The first-order valence-electron chi connectivity index (χ1n) is 7.80. The molecule has 0 bridgehead atoms.